The minimum absolute atomic E-state index is 0.414. The van der Waals surface area contributed by atoms with E-state index in [1.54, 1.807) is 62.3 Å². The van der Waals surface area contributed by atoms with Gasteiger partial charge in [-0.1, -0.05) is 62.3 Å². The summed E-state index contributed by atoms with van der Waals surface area (Å²) in [5, 5.41) is -0.832. The summed E-state index contributed by atoms with van der Waals surface area (Å²) in [7, 11) is -3.61. The second-order valence-electron chi connectivity index (χ2n) is 7.89. The maximum absolute atomic E-state index is 13.2. The second-order valence-corrected chi connectivity index (χ2v) is 11.3. The van der Waals surface area contributed by atoms with E-state index in [9.17, 15) is 14.2 Å². The Kier molecular flexibility index (Phi) is 4.48. The summed E-state index contributed by atoms with van der Waals surface area (Å²) in [6.07, 6.45) is 0. The van der Waals surface area contributed by atoms with E-state index < -0.39 is 34.2 Å². The number of carbonyl (C=O) groups is 2. The third kappa shape index (κ3) is 3.12. The first kappa shape index (κ1) is 17.6. The Bertz CT molecular complexity index is 370. The summed E-state index contributed by atoms with van der Waals surface area (Å²) in [6, 6.07) is 0. The largest absolute Gasteiger partial charge is 0.307 e. The Hall–Kier alpha value is -0.430. The predicted octanol–water partition coefficient (Wildman–Crippen LogP) is 4.29. The second kappa shape index (κ2) is 4.59. The highest BCUT2D eigenvalue weighted by molar-refractivity contribution is 7.95. The summed E-state index contributed by atoms with van der Waals surface area (Å²) in [6.45, 7) is 15.4. The molecule has 0 heterocycles. The quantitative estimate of drug-likeness (QED) is 0.706. The SMILES string of the molecule is CC(C)(C)C(=O)P(=O)(C(=O)C(C)(C)C)C(C)(C)C. The average Bonchev–Trinajstić information content (AvgIpc) is 2.09. The molecule has 0 radical (unpaired) electrons. The van der Waals surface area contributed by atoms with Gasteiger partial charge >= 0.3 is 0 Å². The minimum atomic E-state index is -3.61. The molecule has 3 nitrogen and oxygen atoms in total. The molecule has 0 unspecified atom stereocenters. The van der Waals surface area contributed by atoms with Crippen molar-refractivity contribution in [2.24, 2.45) is 10.8 Å². The summed E-state index contributed by atoms with van der Waals surface area (Å²) < 4.78 is 13.2. The first-order valence-electron chi connectivity index (χ1n) is 6.26. The first-order chi connectivity index (χ1) is 7.56. The Labute approximate surface area is 111 Å². The van der Waals surface area contributed by atoms with Crippen molar-refractivity contribution >= 4 is 18.2 Å². The fraction of sp³-hybridized carbons (Fsp3) is 0.857. The van der Waals surface area contributed by atoms with Gasteiger partial charge in [0, 0.05) is 16.0 Å². The maximum atomic E-state index is 13.2. The molecule has 0 saturated heterocycles. The minimum Gasteiger partial charge on any atom is -0.307 e. The van der Waals surface area contributed by atoms with Crippen LogP contribution in [-0.2, 0) is 14.2 Å². The fourth-order valence-electron chi connectivity index (χ4n) is 1.65. The topological polar surface area (TPSA) is 51.2 Å². The van der Waals surface area contributed by atoms with Crippen LogP contribution in [0.25, 0.3) is 0 Å². The van der Waals surface area contributed by atoms with Crippen molar-refractivity contribution in [2.75, 3.05) is 0 Å². The van der Waals surface area contributed by atoms with E-state index in [1.165, 1.54) is 0 Å². The molecule has 0 aromatic rings. The summed E-state index contributed by atoms with van der Waals surface area (Å²) in [4.78, 5) is 25.1. The number of hydrogen-bond donors (Lipinski definition) is 0. The van der Waals surface area contributed by atoms with Crippen LogP contribution in [0.2, 0.25) is 0 Å². The van der Waals surface area contributed by atoms with Crippen molar-refractivity contribution in [3.63, 3.8) is 0 Å². The Morgan fingerprint density at radius 3 is 1.00 bits per heavy atom. The molecule has 0 fully saturated rings. The van der Waals surface area contributed by atoms with E-state index >= 15 is 0 Å². The van der Waals surface area contributed by atoms with Gasteiger partial charge in [-0.25, -0.2) is 0 Å². The zero-order chi connectivity index (χ0) is 15.2. The van der Waals surface area contributed by atoms with Gasteiger partial charge in [0.05, 0.1) is 0 Å². The lowest BCUT2D eigenvalue weighted by atomic mass is 9.99. The fourth-order valence-corrected chi connectivity index (χ4v) is 4.94. The molecule has 0 saturated carbocycles. The van der Waals surface area contributed by atoms with E-state index in [-0.39, 0.29) is 0 Å². The smallest absolute Gasteiger partial charge is 0.217 e. The van der Waals surface area contributed by atoms with E-state index in [4.69, 9.17) is 0 Å². The van der Waals surface area contributed by atoms with Crippen molar-refractivity contribution in [2.45, 2.75) is 67.5 Å². The molecule has 0 spiro atoms. The van der Waals surface area contributed by atoms with Crippen LogP contribution in [0.5, 0.6) is 0 Å². The van der Waals surface area contributed by atoms with Crippen molar-refractivity contribution in [3.8, 4) is 0 Å². The number of carbonyl (C=O) groups excluding carboxylic acids is 2. The summed E-state index contributed by atoms with van der Waals surface area (Å²) in [5.74, 6) is 0. The molecule has 0 aromatic carbocycles. The monoisotopic (exact) mass is 274 g/mol. The molecule has 0 atom stereocenters. The zero-order valence-corrected chi connectivity index (χ0v) is 14.1. The molecule has 0 N–H and O–H groups in total. The summed E-state index contributed by atoms with van der Waals surface area (Å²) in [5.41, 5.74) is -2.38. The zero-order valence-electron chi connectivity index (χ0n) is 13.2. The highest BCUT2D eigenvalue weighted by Gasteiger charge is 2.55. The lowest BCUT2D eigenvalue weighted by Gasteiger charge is -2.36. The average molecular weight is 274 g/mol. The molecule has 0 aliphatic carbocycles. The highest BCUT2D eigenvalue weighted by atomic mass is 31.2. The van der Waals surface area contributed by atoms with E-state index in [0.29, 0.717) is 0 Å². The molecule has 106 valence electrons. The maximum Gasteiger partial charge on any atom is 0.217 e. The molecule has 0 aliphatic heterocycles. The van der Waals surface area contributed by atoms with Gasteiger partial charge in [0.15, 0.2) is 0 Å². The molecule has 18 heavy (non-hydrogen) atoms. The van der Waals surface area contributed by atoms with Crippen LogP contribution in [0.4, 0.5) is 0 Å². The van der Waals surface area contributed by atoms with Crippen LogP contribution in [0.3, 0.4) is 0 Å². The van der Waals surface area contributed by atoms with E-state index in [1.807, 2.05) is 0 Å². The van der Waals surface area contributed by atoms with E-state index in [0.717, 1.165) is 0 Å². The third-order valence-electron chi connectivity index (χ3n) is 2.80. The molecular weight excluding hydrogens is 247 g/mol. The predicted molar refractivity (Wildman–Crippen MR) is 76.3 cm³/mol. The van der Waals surface area contributed by atoms with Gasteiger partial charge in [-0.05, 0) is 0 Å². The number of rotatable bonds is 2. The molecule has 0 aliphatic rings. The molecule has 0 rings (SSSR count). The standard InChI is InChI=1S/C14H27O3P/c1-12(2,3)10(15)18(17,14(7,8)9)11(16)13(4,5)6/h1-9H3. The van der Waals surface area contributed by atoms with Gasteiger partial charge < -0.3 is 4.57 Å². The van der Waals surface area contributed by atoms with Crippen LogP contribution in [-0.4, -0.2) is 16.2 Å². The van der Waals surface area contributed by atoms with Gasteiger partial charge in [-0.15, -0.1) is 0 Å². The Balaban J connectivity index is 6.05. The normalized spacial score (nSPS) is 14.5. The molecule has 4 heteroatoms. The van der Waals surface area contributed by atoms with Crippen LogP contribution in [0.15, 0.2) is 0 Å². The molecule has 0 bridgehead atoms. The van der Waals surface area contributed by atoms with Crippen molar-refractivity contribution in [1.82, 2.24) is 0 Å². The van der Waals surface area contributed by atoms with Gasteiger partial charge in [0.1, 0.15) is 0 Å². The van der Waals surface area contributed by atoms with Crippen LogP contribution in [0, 0.1) is 10.8 Å². The molecular formula is C14H27O3P. The lowest BCUT2D eigenvalue weighted by molar-refractivity contribution is -0.122. The van der Waals surface area contributed by atoms with Crippen LogP contribution in [0.1, 0.15) is 62.3 Å². The Morgan fingerprint density at radius 1 is 0.667 bits per heavy atom. The molecule has 0 aromatic heterocycles. The van der Waals surface area contributed by atoms with E-state index in [2.05, 4.69) is 0 Å². The van der Waals surface area contributed by atoms with Gasteiger partial charge in [-0.3, -0.25) is 9.59 Å². The van der Waals surface area contributed by atoms with Crippen molar-refractivity contribution in [1.29, 1.82) is 0 Å². The third-order valence-corrected chi connectivity index (χ3v) is 7.17. The van der Waals surface area contributed by atoms with Crippen LogP contribution >= 0.6 is 7.14 Å². The van der Waals surface area contributed by atoms with Crippen molar-refractivity contribution < 1.29 is 14.2 Å². The Morgan fingerprint density at radius 2 is 0.889 bits per heavy atom. The first-order valence-corrected chi connectivity index (χ1v) is 7.97. The molecule has 0 amide bonds. The number of hydrogen-bond acceptors (Lipinski definition) is 3. The van der Waals surface area contributed by atoms with Crippen molar-refractivity contribution in [3.05, 3.63) is 0 Å². The van der Waals surface area contributed by atoms with Gasteiger partial charge in [0.25, 0.3) is 0 Å². The lowest BCUT2D eigenvalue weighted by Crippen LogP contribution is -2.37. The highest BCUT2D eigenvalue weighted by Crippen LogP contribution is 2.64. The van der Waals surface area contributed by atoms with Crippen LogP contribution < -0.4 is 0 Å². The van der Waals surface area contributed by atoms with Gasteiger partial charge in [-0.2, -0.15) is 0 Å². The van der Waals surface area contributed by atoms with Gasteiger partial charge in [0.2, 0.25) is 18.2 Å². The summed E-state index contributed by atoms with van der Waals surface area (Å²) >= 11 is 0.